The minimum Gasteiger partial charge on any atom is -0.633 e. The quantitative estimate of drug-likeness (QED) is 0.168. The Hall–Kier alpha value is -2.61. The van der Waals surface area contributed by atoms with Gasteiger partial charge in [0.2, 0.25) is 0 Å². The Balaban J connectivity index is 1.54. The van der Waals surface area contributed by atoms with E-state index in [-0.39, 0.29) is 24.9 Å². The maximum Gasteiger partial charge on any atom is 0.338 e. The van der Waals surface area contributed by atoms with Crippen LogP contribution >= 0.6 is 0 Å². The highest BCUT2D eigenvalue weighted by atomic mass is 16.6. The summed E-state index contributed by atoms with van der Waals surface area (Å²) in [6, 6.07) is 8.04. The molecule has 12 nitrogen and oxygen atoms in total. The molecule has 5 saturated carbocycles. The number of carbonyl (C=O) groups excluding carboxylic acids is 3. The summed E-state index contributed by atoms with van der Waals surface area (Å²) < 4.78 is 43.8. The number of hydrogen-bond acceptors (Lipinski definition) is 11. The van der Waals surface area contributed by atoms with E-state index < -0.39 is 86.7 Å². The molecular formula is C35H47NO11. The van der Waals surface area contributed by atoms with Crippen LogP contribution in [0.2, 0.25) is 0 Å². The van der Waals surface area contributed by atoms with Gasteiger partial charge >= 0.3 is 17.9 Å². The van der Waals surface area contributed by atoms with Gasteiger partial charge in [-0.2, -0.15) is 0 Å². The standard InChI is InChI=1S/C35H47NO11/c1-19(37)46-33-15-22-25(30(33)45-31(39)21-11-9-8-10-12-21)34(47-20(2)38,16-24(33)43-6)26-27(44-7)28-32(18-41-4)14-13-23(42-5)35(22,28)29(26)36(3,40)17-32/h8-12,22-30H,13-18H2,1-7H3/t22-,23+,24+,25-,26+,27+,28-,29?,30-,32+,33+,34-,35+,36?/m1/s1. The van der Waals surface area contributed by atoms with Crippen LogP contribution in [0.5, 0.6) is 0 Å². The van der Waals surface area contributed by atoms with Gasteiger partial charge in [0.25, 0.3) is 0 Å². The molecule has 47 heavy (non-hydrogen) atoms. The summed E-state index contributed by atoms with van der Waals surface area (Å²) in [5.74, 6) is -3.57. The van der Waals surface area contributed by atoms with Crippen molar-refractivity contribution in [2.45, 2.75) is 81.2 Å². The summed E-state index contributed by atoms with van der Waals surface area (Å²) in [5, 5.41) is 15.3. The van der Waals surface area contributed by atoms with Crippen molar-refractivity contribution in [3.05, 3.63) is 41.1 Å². The van der Waals surface area contributed by atoms with Crippen molar-refractivity contribution < 1.29 is 52.2 Å². The Labute approximate surface area is 275 Å². The summed E-state index contributed by atoms with van der Waals surface area (Å²) in [6.45, 7) is 3.36. The fourth-order valence-electron chi connectivity index (χ4n) is 12.9. The van der Waals surface area contributed by atoms with Gasteiger partial charge in [0.15, 0.2) is 11.7 Å². The van der Waals surface area contributed by atoms with E-state index >= 15 is 5.21 Å². The topological polar surface area (TPSA) is 139 Å². The minimum atomic E-state index is -1.41. The van der Waals surface area contributed by atoms with E-state index in [1.165, 1.54) is 21.0 Å². The molecule has 1 saturated heterocycles. The zero-order valence-corrected chi connectivity index (χ0v) is 28.3. The third kappa shape index (κ3) is 4.06. The molecule has 0 aromatic heterocycles. The first kappa shape index (κ1) is 32.9. The molecule has 258 valence electrons. The van der Waals surface area contributed by atoms with Crippen LogP contribution in [-0.4, -0.2) is 113 Å². The normalized spacial score (nSPS) is 48.5. The van der Waals surface area contributed by atoms with Crippen molar-refractivity contribution in [1.82, 2.24) is 0 Å². The van der Waals surface area contributed by atoms with Crippen LogP contribution in [0.4, 0.5) is 0 Å². The second-order valence-corrected chi connectivity index (χ2v) is 15.1. The van der Waals surface area contributed by atoms with Gasteiger partial charge in [-0.1, -0.05) is 18.2 Å². The summed E-state index contributed by atoms with van der Waals surface area (Å²) in [5.41, 5.74) is -3.81. The van der Waals surface area contributed by atoms with Crippen molar-refractivity contribution in [2.24, 2.45) is 34.5 Å². The average molecular weight is 658 g/mol. The third-order valence-electron chi connectivity index (χ3n) is 13.2. The van der Waals surface area contributed by atoms with Crippen molar-refractivity contribution in [2.75, 3.05) is 48.6 Å². The molecule has 6 fully saturated rings. The number of carbonyl (C=O) groups is 3. The van der Waals surface area contributed by atoms with Crippen LogP contribution in [0.1, 0.15) is 49.9 Å². The molecule has 14 atom stereocenters. The first-order valence-corrected chi connectivity index (χ1v) is 16.6. The molecule has 0 amide bonds. The molecule has 7 bridgehead atoms. The number of rotatable bonds is 9. The molecule has 1 heterocycles. The molecule has 12 heteroatoms. The largest absolute Gasteiger partial charge is 0.633 e. The Morgan fingerprint density at radius 3 is 2.15 bits per heavy atom. The summed E-state index contributed by atoms with van der Waals surface area (Å²) >= 11 is 0. The van der Waals surface area contributed by atoms with Crippen molar-refractivity contribution in [3.8, 4) is 0 Å². The van der Waals surface area contributed by atoms with Gasteiger partial charge in [0.05, 0.1) is 49.3 Å². The number of piperidine rings is 1. The monoisotopic (exact) mass is 657 g/mol. The maximum atomic E-state index is 15.3. The molecule has 1 aliphatic heterocycles. The SMILES string of the molecule is COC[C@@]12CC[C@H](OC)[C@]34C([C@H]([C@H](OC)[C@H]13)[C@@]1(OC(C)=O)C[C@H](OC)[C@@]3(OC(C)=O)C[C@@H]4[C@@H]1[C@H]3OC(=O)c1ccccc1)[N+](C)([O-])C2. The highest BCUT2D eigenvalue weighted by molar-refractivity contribution is 5.89. The Bertz CT molecular complexity index is 1440. The number of ether oxygens (including phenoxy) is 7. The first-order chi connectivity index (χ1) is 22.3. The molecule has 6 aliphatic rings. The number of hydrogen-bond donors (Lipinski definition) is 0. The second-order valence-electron chi connectivity index (χ2n) is 15.1. The molecule has 1 spiro atoms. The second kappa shape index (κ2) is 10.9. The Kier molecular flexibility index (Phi) is 7.67. The van der Waals surface area contributed by atoms with E-state index in [9.17, 15) is 14.4 Å². The van der Waals surface area contributed by atoms with Crippen molar-refractivity contribution >= 4 is 17.9 Å². The van der Waals surface area contributed by atoms with E-state index in [1.807, 2.05) is 0 Å². The number of esters is 3. The lowest BCUT2D eigenvalue weighted by atomic mass is 9.43. The van der Waals surface area contributed by atoms with Gasteiger partial charge in [0, 0.05) is 66.0 Å². The van der Waals surface area contributed by atoms with Crippen LogP contribution in [0.3, 0.4) is 0 Å². The molecule has 7 rings (SSSR count). The molecular weight excluding hydrogens is 610 g/mol. The molecule has 0 radical (unpaired) electrons. The third-order valence-corrected chi connectivity index (χ3v) is 13.2. The van der Waals surface area contributed by atoms with Gasteiger partial charge in [-0.3, -0.25) is 9.59 Å². The van der Waals surface area contributed by atoms with Crippen LogP contribution in [-0.2, 0) is 42.7 Å². The van der Waals surface area contributed by atoms with Gasteiger partial charge in [-0.25, -0.2) is 4.79 Å². The number of hydroxylamine groups is 3. The zero-order chi connectivity index (χ0) is 33.7. The lowest BCUT2D eigenvalue weighted by molar-refractivity contribution is -0.917. The van der Waals surface area contributed by atoms with Crippen molar-refractivity contribution in [1.29, 1.82) is 0 Å². The number of fused-ring (bicyclic) bond motifs is 2. The molecule has 2 unspecified atom stereocenters. The Morgan fingerprint density at radius 2 is 1.55 bits per heavy atom. The molecule has 1 aromatic rings. The number of nitrogens with zero attached hydrogens (tertiary/aromatic N) is 1. The minimum absolute atomic E-state index is 0.135. The van der Waals surface area contributed by atoms with E-state index in [0.717, 1.165) is 0 Å². The smallest absolute Gasteiger partial charge is 0.338 e. The number of methoxy groups -OCH3 is 4. The van der Waals surface area contributed by atoms with Gasteiger partial charge in [-0.05, 0) is 37.3 Å². The van der Waals surface area contributed by atoms with Gasteiger partial charge in [-0.15, -0.1) is 0 Å². The van der Waals surface area contributed by atoms with Crippen LogP contribution in [0.15, 0.2) is 30.3 Å². The first-order valence-electron chi connectivity index (χ1n) is 16.6. The highest BCUT2D eigenvalue weighted by Gasteiger charge is 2.92. The fourth-order valence-corrected chi connectivity index (χ4v) is 12.9. The molecule has 0 N–H and O–H groups in total. The summed E-state index contributed by atoms with van der Waals surface area (Å²) in [7, 11) is 8.25. The predicted molar refractivity (Wildman–Crippen MR) is 164 cm³/mol. The van der Waals surface area contributed by atoms with Gasteiger partial charge in [0.1, 0.15) is 17.7 Å². The molecule has 5 aliphatic carbocycles. The fraction of sp³-hybridized carbons (Fsp3) is 0.743. The number of quaternary nitrogens is 1. The predicted octanol–water partition coefficient (Wildman–Crippen LogP) is 2.90. The van der Waals surface area contributed by atoms with E-state index in [2.05, 4.69) is 0 Å². The van der Waals surface area contributed by atoms with Crippen LogP contribution in [0, 0.1) is 39.7 Å². The van der Waals surface area contributed by atoms with E-state index in [0.29, 0.717) is 31.6 Å². The number of likely N-dealkylation sites (tertiary alicyclic amines) is 1. The lowest BCUT2D eigenvalue weighted by Gasteiger charge is -2.71. The van der Waals surface area contributed by atoms with Crippen LogP contribution in [0.25, 0.3) is 0 Å². The van der Waals surface area contributed by atoms with Crippen LogP contribution < -0.4 is 0 Å². The van der Waals surface area contributed by atoms with Crippen molar-refractivity contribution in [3.63, 3.8) is 0 Å². The highest BCUT2D eigenvalue weighted by Crippen LogP contribution is 2.81. The number of benzene rings is 1. The molecule has 1 aromatic carbocycles. The maximum absolute atomic E-state index is 15.3. The Morgan fingerprint density at radius 1 is 0.894 bits per heavy atom. The summed E-state index contributed by atoms with van der Waals surface area (Å²) in [6.07, 6.45) is -1.01. The zero-order valence-electron chi connectivity index (χ0n) is 28.3. The summed E-state index contributed by atoms with van der Waals surface area (Å²) in [4.78, 5) is 40.2. The van der Waals surface area contributed by atoms with E-state index in [4.69, 9.17) is 33.2 Å². The lowest BCUT2D eigenvalue weighted by Crippen LogP contribution is -2.80. The van der Waals surface area contributed by atoms with E-state index in [1.54, 1.807) is 58.7 Å². The van der Waals surface area contributed by atoms with Gasteiger partial charge < -0.3 is 43.0 Å². The average Bonchev–Trinajstić information content (AvgIpc) is 3.44.